The number of rotatable bonds is 3. The molecule has 10 aromatic carbocycles. The molecule has 0 saturated heterocycles. The molecule has 0 unspecified atom stereocenters. The fraction of sp³-hybridized carbons (Fsp3) is 0. The van der Waals surface area contributed by atoms with Gasteiger partial charge in [0, 0.05) is 16.2 Å². The van der Waals surface area contributed by atoms with Crippen molar-refractivity contribution in [3.05, 3.63) is 182 Å². The topological polar surface area (TPSA) is 13.1 Å². The minimum absolute atomic E-state index is 0.908. The average Bonchev–Trinajstić information content (AvgIpc) is 3.60. The van der Waals surface area contributed by atoms with Gasteiger partial charge >= 0.3 is 0 Å². The Balaban J connectivity index is 1.26. The second-order valence-corrected chi connectivity index (χ2v) is 13.6. The molecule has 0 bridgehead atoms. The van der Waals surface area contributed by atoms with Crippen LogP contribution in [0.1, 0.15) is 0 Å². The molecule has 236 valence electrons. The molecule has 51 heavy (non-hydrogen) atoms. The maximum Gasteiger partial charge on any atom is 0.143 e. The maximum absolute atomic E-state index is 6.68. The van der Waals surface area contributed by atoms with Crippen molar-refractivity contribution < 1.29 is 4.42 Å². The molecule has 0 fully saturated rings. The zero-order chi connectivity index (χ0) is 33.5. The molecule has 0 saturated carbocycles. The summed E-state index contributed by atoms with van der Waals surface area (Å²) in [5.74, 6) is 0. The lowest BCUT2D eigenvalue weighted by atomic mass is 9.83. The quantitative estimate of drug-likeness (QED) is 0.138. The summed E-state index contributed by atoms with van der Waals surface area (Å²) >= 11 is 0. The molecule has 1 heteroatoms. The normalized spacial score (nSPS) is 11.9. The van der Waals surface area contributed by atoms with E-state index < -0.39 is 0 Å². The van der Waals surface area contributed by atoms with E-state index in [-0.39, 0.29) is 0 Å². The predicted molar refractivity (Wildman–Crippen MR) is 218 cm³/mol. The molecule has 11 aromatic rings. The highest BCUT2D eigenvalue weighted by Crippen LogP contribution is 2.49. The van der Waals surface area contributed by atoms with Crippen LogP contribution in [0.4, 0.5) is 0 Å². The number of fused-ring (bicyclic) bond motifs is 10. The van der Waals surface area contributed by atoms with Gasteiger partial charge in [0.15, 0.2) is 0 Å². The molecular weight excluding hydrogens is 617 g/mol. The van der Waals surface area contributed by atoms with Crippen molar-refractivity contribution in [2.24, 2.45) is 0 Å². The van der Waals surface area contributed by atoms with E-state index in [4.69, 9.17) is 4.42 Å². The Labute approximate surface area is 294 Å². The van der Waals surface area contributed by atoms with Crippen LogP contribution in [0.2, 0.25) is 0 Å². The Morgan fingerprint density at radius 2 is 0.882 bits per heavy atom. The monoisotopic (exact) mass is 646 g/mol. The molecule has 0 radical (unpaired) electrons. The zero-order valence-electron chi connectivity index (χ0n) is 27.7. The van der Waals surface area contributed by atoms with Crippen LogP contribution in [-0.2, 0) is 0 Å². The van der Waals surface area contributed by atoms with E-state index in [1.807, 2.05) is 0 Å². The van der Waals surface area contributed by atoms with Crippen molar-refractivity contribution >= 4 is 75.8 Å². The van der Waals surface area contributed by atoms with Gasteiger partial charge in [-0.25, -0.2) is 0 Å². The van der Waals surface area contributed by atoms with Gasteiger partial charge < -0.3 is 4.42 Å². The van der Waals surface area contributed by atoms with E-state index in [9.17, 15) is 0 Å². The van der Waals surface area contributed by atoms with Crippen LogP contribution in [0.25, 0.3) is 109 Å². The first-order chi connectivity index (χ1) is 25.3. The smallest absolute Gasteiger partial charge is 0.143 e. The van der Waals surface area contributed by atoms with Gasteiger partial charge in [0.25, 0.3) is 0 Å². The molecule has 1 aromatic heterocycles. The highest BCUT2D eigenvalue weighted by atomic mass is 16.3. The molecule has 0 aliphatic rings. The van der Waals surface area contributed by atoms with E-state index in [1.165, 1.54) is 81.9 Å². The van der Waals surface area contributed by atoms with Crippen molar-refractivity contribution in [2.75, 3.05) is 0 Å². The third kappa shape index (κ3) is 4.16. The third-order valence-corrected chi connectivity index (χ3v) is 10.8. The van der Waals surface area contributed by atoms with Crippen LogP contribution in [0.15, 0.2) is 186 Å². The van der Waals surface area contributed by atoms with Crippen molar-refractivity contribution in [3.8, 4) is 33.4 Å². The fourth-order valence-electron chi connectivity index (χ4n) is 8.59. The highest BCUT2D eigenvalue weighted by molar-refractivity contribution is 6.29. The summed E-state index contributed by atoms with van der Waals surface area (Å²) in [6.45, 7) is 0. The van der Waals surface area contributed by atoms with E-state index in [0.717, 1.165) is 27.3 Å². The van der Waals surface area contributed by atoms with Gasteiger partial charge in [-0.1, -0.05) is 158 Å². The van der Waals surface area contributed by atoms with Crippen molar-refractivity contribution in [3.63, 3.8) is 0 Å². The Hall–Kier alpha value is -6.70. The van der Waals surface area contributed by atoms with Crippen molar-refractivity contribution in [1.29, 1.82) is 0 Å². The van der Waals surface area contributed by atoms with Gasteiger partial charge in [0.2, 0.25) is 0 Å². The van der Waals surface area contributed by atoms with Crippen LogP contribution in [0.5, 0.6) is 0 Å². The first-order valence-corrected chi connectivity index (χ1v) is 17.6. The summed E-state index contributed by atoms with van der Waals surface area (Å²) < 4.78 is 6.68. The Kier molecular flexibility index (Phi) is 6.02. The van der Waals surface area contributed by atoms with Gasteiger partial charge in [0.1, 0.15) is 11.2 Å². The lowest BCUT2D eigenvalue weighted by molar-refractivity contribution is 0.673. The Morgan fingerprint density at radius 3 is 1.61 bits per heavy atom. The first kappa shape index (κ1) is 28.2. The lowest BCUT2D eigenvalue weighted by Gasteiger charge is -2.20. The molecule has 1 nitrogen and oxygen atoms in total. The zero-order valence-corrected chi connectivity index (χ0v) is 27.7. The second-order valence-electron chi connectivity index (χ2n) is 13.6. The molecular formula is C50H30O. The number of benzene rings is 10. The second kappa shape index (κ2) is 10.9. The summed E-state index contributed by atoms with van der Waals surface area (Å²) in [5, 5.41) is 14.6. The summed E-state index contributed by atoms with van der Waals surface area (Å²) in [5.41, 5.74) is 9.25. The number of furan rings is 1. The molecule has 0 aliphatic carbocycles. The molecule has 1 heterocycles. The fourth-order valence-corrected chi connectivity index (χ4v) is 8.59. The highest BCUT2D eigenvalue weighted by Gasteiger charge is 2.22. The van der Waals surface area contributed by atoms with Gasteiger partial charge in [-0.2, -0.15) is 0 Å². The average molecular weight is 647 g/mol. The van der Waals surface area contributed by atoms with Crippen LogP contribution in [0, 0.1) is 0 Å². The SMILES string of the molecule is c1ccc(-c2ccc3c(-c4c5ccccc5c(-c5cccc6oc7c8ccccc8ccc7c56)c5ccccc45)cc4ccccc4c3c2)cc1. The maximum atomic E-state index is 6.68. The first-order valence-electron chi connectivity index (χ1n) is 17.6. The standard InChI is InChI=1S/C50H30O/c1-2-13-31(14-3-1)33-26-27-37-44(29-33)35-17-6-5-16-34(35)30-45(37)48-40-21-10-8-19-38(40)47(39-20-9-11-22-41(39)48)42-23-12-24-46-49(42)43-28-25-32-15-4-7-18-36(32)50(43)51-46/h1-30H. The molecule has 0 spiro atoms. The van der Waals surface area contributed by atoms with E-state index in [2.05, 4.69) is 182 Å². The molecule has 0 amide bonds. The summed E-state index contributed by atoms with van der Waals surface area (Å²) in [7, 11) is 0. The predicted octanol–water partition coefficient (Wildman–Crippen LogP) is 14.4. The minimum Gasteiger partial charge on any atom is -0.455 e. The van der Waals surface area contributed by atoms with Crippen LogP contribution in [0.3, 0.4) is 0 Å². The molecule has 11 rings (SSSR count). The molecule has 0 atom stereocenters. The minimum atomic E-state index is 0.908. The van der Waals surface area contributed by atoms with E-state index in [0.29, 0.717) is 0 Å². The van der Waals surface area contributed by atoms with E-state index in [1.54, 1.807) is 0 Å². The molecule has 0 N–H and O–H groups in total. The van der Waals surface area contributed by atoms with Gasteiger partial charge in [-0.3, -0.25) is 0 Å². The van der Waals surface area contributed by atoms with Gasteiger partial charge in [0.05, 0.1) is 0 Å². The third-order valence-electron chi connectivity index (χ3n) is 10.8. The van der Waals surface area contributed by atoms with Crippen molar-refractivity contribution in [2.45, 2.75) is 0 Å². The largest absolute Gasteiger partial charge is 0.455 e. The number of hydrogen-bond donors (Lipinski definition) is 0. The van der Waals surface area contributed by atoms with Crippen molar-refractivity contribution in [1.82, 2.24) is 0 Å². The summed E-state index contributed by atoms with van der Waals surface area (Å²) in [4.78, 5) is 0. The molecule has 0 aliphatic heterocycles. The van der Waals surface area contributed by atoms with Gasteiger partial charge in [-0.05, 0) is 106 Å². The van der Waals surface area contributed by atoms with Crippen LogP contribution >= 0.6 is 0 Å². The summed E-state index contributed by atoms with van der Waals surface area (Å²) in [6.07, 6.45) is 0. The van der Waals surface area contributed by atoms with Crippen LogP contribution < -0.4 is 0 Å². The number of hydrogen-bond acceptors (Lipinski definition) is 1. The van der Waals surface area contributed by atoms with Gasteiger partial charge in [-0.15, -0.1) is 0 Å². The Bertz CT molecular complexity index is 3130. The lowest BCUT2D eigenvalue weighted by Crippen LogP contribution is -1.93. The van der Waals surface area contributed by atoms with Crippen LogP contribution in [-0.4, -0.2) is 0 Å². The van der Waals surface area contributed by atoms with E-state index >= 15 is 0 Å². The summed E-state index contributed by atoms with van der Waals surface area (Å²) in [6, 6.07) is 66.3. The Morgan fingerprint density at radius 1 is 0.294 bits per heavy atom.